The molecule has 5 aliphatic carbocycles. The van der Waals surface area contributed by atoms with Crippen molar-refractivity contribution >= 4 is 18.0 Å². The molecule has 4 saturated carbocycles. The molecular weight excluding hydrogens is 438 g/mol. The summed E-state index contributed by atoms with van der Waals surface area (Å²) in [7, 11) is 0. The minimum absolute atomic E-state index is 0.0462. The molecule has 5 heteroatoms. The summed E-state index contributed by atoms with van der Waals surface area (Å²) in [4.78, 5) is 27.1. The zero-order valence-electron chi connectivity index (χ0n) is 22.6. The van der Waals surface area contributed by atoms with Crippen molar-refractivity contribution in [1.29, 1.82) is 5.41 Å². The van der Waals surface area contributed by atoms with E-state index in [1.54, 1.807) is 0 Å². The Morgan fingerprint density at radius 3 is 2.31 bits per heavy atom. The van der Waals surface area contributed by atoms with Crippen LogP contribution in [0.2, 0.25) is 0 Å². The maximum atomic E-state index is 14.3. The number of hydrogen-bond donors (Lipinski definition) is 2. The lowest BCUT2D eigenvalue weighted by Crippen LogP contribution is -2.68. The van der Waals surface area contributed by atoms with Crippen LogP contribution in [0.1, 0.15) is 99.3 Å². The van der Waals surface area contributed by atoms with Gasteiger partial charge in [-0.15, -0.1) is 0 Å². The van der Waals surface area contributed by atoms with Gasteiger partial charge in [0.1, 0.15) is 5.78 Å². The van der Waals surface area contributed by atoms with E-state index >= 15 is 0 Å². The Balaban J connectivity index is 1.61. The highest BCUT2D eigenvalue weighted by atomic mass is 16.4. The van der Waals surface area contributed by atoms with Crippen molar-refractivity contribution in [1.82, 2.24) is 0 Å². The quantitative estimate of drug-likeness (QED) is 0.372. The second-order valence-electron chi connectivity index (χ2n) is 14.7. The van der Waals surface area contributed by atoms with Crippen LogP contribution in [0, 0.1) is 62.1 Å². The van der Waals surface area contributed by atoms with E-state index in [1.807, 2.05) is 0 Å². The lowest BCUT2D eigenvalue weighted by molar-refractivity contribution is -0.228. The molecule has 0 heterocycles. The molecule has 5 aliphatic rings. The van der Waals surface area contributed by atoms with E-state index in [4.69, 9.17) is 10.5 Å². The van der Waals surface area contributed by atoms with Gasteiger partial charge in [0.25, 0.3) is 0 Å². The SMILES string of the molecule is C[C@H]1C([OH2+])=C(C=N)C[C@@]2(C)C1CC[C@]1(C)C2CC(=O)C2C3CC(C)(C)CC[C@]3(C(=O)O)CC[C@]21C. The van der Waals surface area contributed by atoms with E-state index in [2.05, 4.69) is 41.5 Å². The van der Waals surface area contributed by atoms with Gasteiger partial charge in [0.05, 0.1) is 16.9 Å². The van der Waals surface area contributed by atoms with Crippen molar-refractivity contribution in [3.63, 3.8) is 0 Å². The largest absolute Gasteiger partial charge is 0.596 e. The van der Waals surface area contributed by atoms with Crippen LogP contribution >= 0.6 is 0 Å². The highest BCUT2D eigenvalue weighted by Crippen LogP contribution is 2.75. The van der Waals surface area contributed by atoms with Crippen LogP contribution in [-0.2, 0) is 9.59 Å². The number of carbonyl (C=O) groups excluding carboxylic acids is 1. The number of fused-ring (bicyclic) bond motifs is 7. The first-order valence-corrected chi connectivity index (χ1v) is 13.9. The van der Waals surface area contributed by atoms with Crippen molar-refractivity contribution in [2.75, 3.05) is 0 Å². The standard InChI is InChI=1S/C30H45NO4/c1-17-19-7-8-28(5)22(27(19,4)14-18(16-31)24(17)33)13-21(32)23-20-15-26(2,3)9-11-30(20,25(34)35)12-10-29(23,28)6/h16-17,19-20,22-23,31,33H,7-15H2,1-6H3,(H,34,35)/p+1/t17-,19?,20?,22?,23?,27+,28-,29-,30+/m1/s1. The first kappa shape index (κ1) is 25.0. The fourth-order valence-electron chi connectivity index (χ4n) is 10.7. The van der Waals surface area contributed by atoms with Crippen molar-refractivity contribution in [3.05, 3.63) is 11.3 Å². The first-order valence-electron chi connectivity index (χ1n) is 13.9. The summed E-state index contributed by atoms with van der Waals surface area (Å²) in [6, 6.07) is 0. The average Bonchev–Trinajstić information content (AvgIpc) is 2.77. The number of hydrogen-bond acceptors (Lipinski definition) is 3. The zero-order chi connectivity index (χ0) is 25.8. The van der Waals surface area contributed by atoms with E-state index < -0.39 is 11.4 Å². The molecule has 4 unspecified atom stereocenters. The van der Waals surface area contributed by atoms with Gasteiger partial charge in [-0.2, -0.15) is 0 Å². The van der Waals surface area contributed by atoms with E-state index in [9.17, 15) is 14.7 Å². The molecule has 0 saturated heterocycles. The van der Waals surface area contributed by atoms with Crippen molar-refractivity contribution in [2.45, 2.75) is 99.3 Å². The van der Waals surface area contributed by atoms with Gasteiger partial charge in [-0.3, -0.25) is 9.59 Å². The summed E-state index contributed by atoms with van der Waals surface area (Å²) in [6.45, 7) is 13.8. The van der Waals surface area contributed by atoms with E-state index in [0.717, 1.165) is 37.7 Å². The number of carbonyl (C=O) groups is 2. The fraction of sp³-hybridized carbons (Fsp3) is 0.833. The summed E-state index contributed by atoms with van der Waals surface area (Å²) >= 11 is 0. The molecule has 5 nitrogen and oxygen atoms in total. The monoisotopic (exact) mass is 484 g/mol. The van der Waals surface area contributed by atoms with Crippen LogP contribution in [0.4, 0.5) is 0 Å². The molecule has 0 bridgehead atoms. The molecule has 0 radical (unpaired) electrons. The van der Waals surface area contributed by atoms with Crippen LogP contribution in [0.25, 0.3) is 0 Å². The van der Waals surface area contributed by atoms with Gasteiger partial charge in [0, 0.05) is 18.6 Å². The number of rotatable bonds is 2. The highest BCUT2D eigenvalue weighted by molar-refractivity contribution is 5.86. The van der Waals surface area contributed by atoms with Gasteiger partial charge >= 0.3 is 5.97 Å². The number of ketones is 1. The number of carboxylic acid groups (broad SMARTS) is 1. The number of carboxylic acids is 1. The molecule has 4 fully saturated rings. The Kier molecular flexibility index (Phi) is 5.32. The Labute approximate surface area is 210 Å². The lowest BCUT2D eigenvalue weighted by atomic mass is 9.32. The second-order valence-corrected chi connectivity index (χ2v) is 14.7. The van der Waals surface area contributed by atoms with Crippen molar-refractivity contribution in [2.24, 2.45) is 56.7 Å². The maximum absolute atomic E-state index is 14.3. The fourth-order valence-corrected chi connectivity index (χ4v) is 10.7. The van der Waals surface area contributed by atoms with Crippen LogP contribution < -0.4 is 0 Å². The minimum Gasteiger partial charge on any atom is -0.596 e. The lowest BCUT2D eigenvalue weighted by Gasteiger charge is -2.71. The van der Waals surface area contributed by atoms with E-state index in [1.165, 1.54) is 6.21 Å². The third kappa shape index (κ3) is 3.02. The molecule has 0 spiro atoms. The Bertz CT molecular complexity index is 1010. The average molecular weight is 485 g/mol. The van der Waals surface area contributed by atoms with Crippen LogP contribution in [0.15, 0.2) is 11.3 Å². The zero-order valence-corrected chi connectivity index (χ0v) is 22.6. The van der Waals surface area contributed by atoms with Crippen LogP contribution in [0.5, 0.6) is 0 Å². The van der Waals surface area contributed by atoms with Gasteiger partial charge in [-0.1, -0.05) is 34.6 Å². The van der Waals surface area contributed by atoms with Crippen LogP contribution in [0.3, 0.4) is 0 Å². The Morgan fingerprint density at radius 2 is 1.69 bits per heavy atom. The topological polar surface area (TPSA) is 101 Å². The number of nitrogens with one attached hydrogen (secondary N) is 1. The predicted octanol–water partition coefficient (Wildman–Crippen LogP) is 5.98. The Morgan fingerprint density at radius 1 is 1.03 bits per heavy atom. The van der Waals surface area contributed by atoms with Crippen molar-refractivity contribution in [3.8, 4) is 0 Å². The van der Waals surface area contributed by atoms with Crippen LogP contribution in [-0.4, -0.2) is 28.2 Å². The van der Waals surface area contributed by atoms with Gasteiger partial charge in [-0.25, -0.2) is 0 Å². The third-order valence-electron chi connectivity index (χ3n) is 12.9. The molecule has 0 aliphatic heterocycles. The highest BCUT2D eigenvalue weighted by Gasteiger charge is 2.72. The molecular formula is C30H46NO4+. The molecule has 0 aromatic carbocycles. The van der Waals surface area contributed by atoms with E-state index in [0.29, 0.717) is 43.1 Å². The van der Waals surface area contributed by atoms with Gasteiger partial charge in [0.15, 0.2) is 0 Å². The van der Waals surface area contributed by atoms with Gasteiger partial charge in [-0.05, 0) is 97.7 Å². The van der Waals surface area contributed by atoms with Crippen molar-refractivity contribution < 1.29 is 19.8 Å². The molecule has 4 N–H and O–H groups in total. The van der Waals surface area contributed by atoms with E-state index in [-0.39, 0.29) is 45.3 Å². The normalized spacial score (nSPS) is 50.9. The summed E-state index contributed by atoms with van der Waals surface area (Å²) in [5.41, 5.74) is -0.221. The number of allylic oxidation sites excluding steroid dienone is 2. The minimum atomic E-state index is -0.755. The van der Waals surface area contributed by atoms with Gasteiger partial charge in [0.2, 0.25) is 5.76 Å². The molecule has 0 aromatic rings. The summed E-state index contributed by atoms with van der Waals surface area (Å²) in [6.07, 6.45) is 8.66. The summed E-state index contributed by atoms with van der Waals surface area (Å²) in [5.74, 6) is 0.655. The summed E-state index contributed by atoms with van der Waals surface area (Å²) in [5, 5.41) is 27.1. The smallest absolute Gasteiger partial charge is 0.309 e. The summed E-state index contributed by atoms with van der Waals surface area (Å²) < 4.78 is 0. The molecule has 9 atom stereocenters. The number of Topliss-reactive ketones (excluding diaryl/α,β-unsaturated/α-hetero) is 1. The third-order valence-corrected chi connectivity index (χ3v) is 12.9. The molecule has 5 rings (SSSR count). The second kappa shape index (κ2) is 7.44. The van der Waals surface area contributed by atoms with Gasteiger partial charge < -0.3 is 15.6 Å². The molecule has 194 valence electrons. The Hall–Kier alpha value is -1.65. The molecule has 35 heavy (non-hydrogen) atoms. The maximum Gasteiger partial charge on any atom is 0.309 e. The first-order chi connectivity index (χ1) is 16.2. The molecule has 0 aromatic heterocycles. The predicted molar refractivity (Wildman–Crippen MR) is 137 cm³/mol. The molecule has 0 amide bonds. The number of aliphatic carboxylic acids is 1.